The topological polar surface area (TPSA) is 70.8 Å². The fraction of sp³-hybridized carbons (Fsp3) is 0.208. The van der Waals surface area contributed by atoms with Crippen LogP contribution in [0.3, 0.4) is 0 Å². The third-order valence-electron chi connectivity index (χ3n) is 5.22. The number of furan rings is 1. The van der Waals surface area contributed by atoms with Crippen LogP contribution in [0.2, 0.25) is 0 Å². The molecule has 2 aromatic carbocycles. The molecule has 2 heterocycles. The van der Waals surface area contributed by atoms with Gasteiger partial charge in [0.25, 0.3) is 5.91 Å². The first-order valence-electron chi connectivity index (χ1n) is 9.82. The summed E-state index contributed by atoms with van der Waals surface area (Å²) < 4.78 is 5.41. The molecule has 152 valence electrons. The lowest BCUT2D eigenvalue weighted by molar-refractivity contribution is -0.138. The molecule has 0 aliphatic carbocycles. The van der Waals surface area contributed by atoms with Gasteiger partial charge in [-0.3, -0.25) is 14.4 Å². The van der Waals surface area contributed by atoms with E-state index >= 15 is 0 Å². The van der Waals surface area contributed by atoms with Gasteiger partial charge in [-0.1, -0.05) is 48.0 Å². The number of amides is 3. The SMILES string of the molecule is Cc1ccc(N2C(=O)CC(N(Cc3ccco3)C(=O)Cc3ccccc3)C2=O)cc1. The Morgan fingerprint density at radius 3 is 2.43 bits per heavy atom. The zero-order valence-electron chi connectivity index (χ0n) is 16.7. The predicted molar refractivity (Wildman–Crippen MR) is 111 cm³/mol. The zero-order valence-corrected chi connectivity index (χ0v) is 16.7. The molecule has 0 N–H and O–H groups in total. The third kappa shape index (κ3) is 4.03. The second kappa shape index (κ2) is 8.37. The van der Waals surface area contributed by atoms with E-state index in [1.54, 1.807) is 24.3 Å². The molecule has 1 unspecified atom stereocenters. The Morgan fingerprint density at radius 1 is 1.03 bits per heavy atom. The van der Waals surface area contributed by atoms with Crippen molar-refractivity contribution in [1.82, 2.24) is 4.90 Å². The van der Waals surface area contributed by atoms with E-state index in [2.05, 4.69) is 0 Å². The molecule has 1 aliphatic rings. The van der Waals surface area contributed by atoms with Gasteiger partial charge in [-0.15, -0.1) is 0 Å². The Morgan fingerprint density at radius 2 is 1.77 bits per heavy atom. The highest BCUT2D eigenvalue weighted by molar-refractivity contribution is 6.23. The third-order valence-corrected chi connectivity index (χ3v) is 5.22. The van der Waals surface area contributed by atoms with Gasteiger partial charge in [0, 0.05) is 0 Å². The van der Waals surface area contributed by atoms with Crippen molar-refractivity contribution >= 4 is 23.4 Å². The van der Waals surface area contributed by atoms with Crippen molar-refractivity contribution in [2.24, 2.45) is 0 Å². The number of aryl methyl sites for hydroxylation is 1. The summed E-state index contributed by atoms with van der Waals surface area (Å²) in [6.45, 7) is 2.07. The molecule has 1 atom stereocenters. The van der Waals surface area contributed by atoms with Gasteiger partial charge in [-0.25, -0.2) is 4.90 Å². The summed E-state index contributed by atoms with van der Waals surface area (Å²) in [5, 5.41) is 0. The molecule has 0 radical (unpaired) electrons. The molecular weight excluding hydrogens is 380 g/mol. The minimum absolute atomic E-state index is 0.0477. The Labute approximate surface area is 174 Å². The summed E-state index contributed by atoms with van der Waals surface area (Å²) in [5.74, 6) is -0.373. The lowest BCUT2D eigenvalue weighted by Crippen LogP contribution is -2.45. The van der Waals surface area contributed by atoms with E-state index in [1.165, 1.54) is 16.1 Å². The van der Waals surface area contributed by atoms with E-state index in [4.69, 9.17) is 4.42 Å². The number of hydrogen-bond acceptors (Lipinski definition) is 4. The van der Waals surface area contributed by atoms with Crippen LogP contribution in [-0.2, 0) is 27.3 Å². The van der Waals surface area contributed by atoms with E-state index < -0.39 is 11.9 Å². The van der Waals surface area contributed by atoms with Crippen LogP contribution in [0.15, 0.2) is 77.4 Å². The first kappa shape index (κ1) is 19.6. The molecule has 1 fully saturated rings. The van der Waals surface area contributed by atoms with Gasteiger partial charge in [0.1, 0.15) is 11.8 Å². The van der Waals surface area contributed by atoms with E-state index in [0.717, 1.165) is 11.1 Å². The number of rotatable bonds is 6. The van der Waals surface area contributed by atoms with Crippen LogP contribution >= 0.6 is 0 Å². The number of carbonyl (C=O) groups is 3. The fourth-order valence-electron chi connectivity index (χ4n) is 3.64. The van der Waals surface area contributed by atoms with Gasteiger partial charge >= 0.3 is 0 Å². The van der Waals surface area contributed by atoms with E-state index in [0.29, 0.717) is 11.4 Å². The summed E-state index contributed by atoms with van der Waals surface area (Å²) in [5.41, 5.74) is 2.40. The van der Waals surface area contributed by atoms with E-state index in [1.807, 2.05) is 49.4 Å². The summed E-state index contributed by atoms with van der Waals surface area (Å²) in [6.07, 6.45) is 1.62. The summed E-state index contributed by atoms with van der Waals surface area (Å²) in [7, 11) is 0. The fourth-order valence-corrected chi connectivity index (χ4v) is 3.64. The smallest absolute Gasteiger partial charge is 0.257 e. The van der Waals surface area contributed by atoms with Crippen molar-refractivity contribution in [2.75, 3.05) is 4.90 Å². The van der Waals surface area contributed by atoms with E-state index in [9.17, 15) is 14.4 Å². The second-order valence-corrected chi connectivity index (χ2v) is 7.39. The van der Waals surface area contributed by atoms with Crippen LogP contribution in [0.1, 0.15) is 23.3 Å². The zero-order chi connectivity index (χ0) is 21.1. The van der Waals surface area contributed by atoms with Crippen molar-refractivity contribution in [1.29, 1.82) is 0 Å². The van der Waals surface area contributed by atoms with Gasteiger partial charge < -0.3 is 9.32 Å². The lowest BCUT2D eigenvalue weighted by atomic mass is 10.1. The van der Waals surface area contributed by atoms with Crippen LogP contribution < -0.4 is 4.90 Å². The molecule has 0 saturated carbocycles. The minimum Gasteiger partial charge on any atom is -0.467 e. The molecule has 0 bridgehead atoms. The lowest BCUT2D eigenvalue weighted by Gasteiger charge is -2.27. The number of nitrogens with zero attached hydrogens (tertiary/aromatic N) is 2. The van der Waals surface area contributed by atoms with Gasteiger partial charge in [0.15, 0.2) is 0 Å². The minimum atomic E-state index is -0.861. The number of imide groups is 1. The molecule has 6 heteroatoms. The van der Waals surface area contributed by atoms with Crippen LogP contribution in [0.5, 0.6) is 0 Å². The molecule has 1 aliphatic heterocycles. The van der Waals surface area contributed by atoms with Gasteiger partial charge in [-0.05, 0) is 36.8 Å². The van der Waals surface area contributed by atoms with Gasteiger partial charge in [-0.2, -0.15) is 0 Å². The van der Waals surface area contributed by atoms with Crippen LogP contribution in [-0.4, -0.2) is 28.7 Å². The summed E-state index contributed by atoms with van der Waals surface area (Å²) in [4.78, 5) is 41.7. The molecule has 1 aromatic heterocycles. The first-order valence-corrected chi connectivity index (χ1v) is 9.82. The van der Waals surface area contributed by atoms with Crippen molar-refractivity contribution in [3.8, 4) is 0 Å². The molecule has 4 rings (SSSR count). The van der Waals surface area contributed by atoms with E-state index in [-0.39, 0.29) is 31.2 Å². The maximum atomic E-state index is 13.2. The van der Waals surface area contributed by atoms with Gasteiger partial charge in [0.05, 0.1) is 31.3 Å². The highest BCUT2D eigenvalue weighted by Crippen LogP contribution is 2.27. The maximum absolute atomic E-state index is 13.2. The molecular formula is C24H22N2O4. The van der Waals surface area contributed by atoms with Gasteiger partial charge in [0.2, 0.25) is 11.8 Å². The highest BCUT2D eigenvalue weighted by Gasteiger charge is 2.44. The maximum Gasteiger partial charge on any atom is 0.257 e. The average molecular weight is 402 g/mol. The predicted octanol–water partition coefficient (Wildman–Crippen LogP) is 3.49. The number of carbonyl (C=O) groups excluding carboxylic acids is 3. The Kier molecular flexibility index (Phi) is 5.48. The standard InChI is InChI=1S/C24H22N2O4/c1-17-9-11-19(12-10-17)26-23(28)15-21(24(26)29)25(16-20-8-5-13-30-20)22(27)14-18-6-3-2-4-7-18/h2-13,21H,14-16H2,1H3. The monoisotopic (exact) mass is 402 g/mol. The van der Waals surface area contributed by atoms with Crippen molar-refractivity contribution in [3.05, 3.63) is 89.9 Å². The molecule has 3 amide bonds. The quantitative estimate of drug-likeness (QED) is 0.592. The summed E-state index contributed by atoms with van der Waals surface area (Å²) in [6, 6.07) is 19.2. The number of anilines is 1. The molecule has 1 saturated heterocycles. The Balaban J connectivity index is 1.61. The molecule has 3 aromatic rings. The number of benzene rings is 2. The van der Waals surface area contributed by atoms with Crippen LogP contribution in [0, 0.1) is 6.92 Å². The normalized spacial score (nSPS) is 16.2. The van der Waals surface area contributed by atoms with Crippen LogP contribution in [0.4, 0.5) is 5.69 Å². The van der Waals surface area contributed by atoms with Crippen LogP contribution in [0.25, 0.3) is 0 Å². The number of hydrogen-bond donors (Lipinski definition) is 0. The highest BCUT2D eigenvalue weighted by atomic mass is 16.3. The Bertz CT molecular complexity index is 1040. The summed E-state index contributed by atoms with van der Waals surface area (Å²) >= 11 is 0. The molecule has 30 heavy (non-hydrogen) atoms. The Hall–Kier alpha value is -3.67. The molecule has 0 spiro atoms. The van der Waals surface area contributed by atoms with Crippen molar-refractivity contribution < 1.29 is 18.8 Å². The van der Waals surface area contributed by atoms with Crippen molar-refractivity contribution in [2.45, 2.75) is 32.4 Å². The van der Waals surface area contributed by atoms with Crippen molar-refractivity contribution in [3.63, 3.8) is 0 Å². The first-order chi connectivity index (χ1) is 14.5. The second-order valence-electron chi connectivity index (χ2n) is 7.39. The largest absolute Gasteiger partial charge is 0.467 e. The molecule has 6 nitrogen and oxygen atoms in total. The average Bonchev–Trinajstić information content (AvgIpc) is 3.35.